The first-order valence-corrected chi connectivity index (χ1v) is 10.6. The quantitative estimate of drug-likeness (QED) is 0.351. The van der Waals surface area contributed by atoms with Gasteiger partial charge in [0, 0.05) is 6.42 Å². The number of anilines is 1. The largest absolute Gasteiger partial charge is 0.465 e. The first-order chi connectivity index (χ1) is 16.0. The fraction of sp³-hybridized carbons (Fsp3) is 0.148. The molecule has 0 bridgehead atoms. The number of methoxy groups -OCH3 is 1. The zero-order valence-corrected chi connectivity index (χ0v) is 18.0. The average Bonchev–Trinajstić information content (AvgIpc) is 3.05. The molecule has 6 nitrogen and oxygen atoms in total. The Morgan fingerprint density at radius 2 is 1.61 bits per heavy atom. The highest BCUT2D eigenvalue weighted by atomic mass is 16.5. The summed E-state index contributed by atoms with van der Waals surface area (Å²) < 4.78 is 10.9. The molecule has 0 aliphatic carbocycles. The van der Waals surface area contributed by atoms with E-state index < -0.39 is 23.4 Å². The Labute approximate surface area is 191 Å². The van der Waals surface area contributed by atoms with Gasteiger partial charge in [0.15, 0.2) is 5.60 Å². The lowest BCUT2D eigenvalue weighted by molar-refractivity contribution is -0.138. The van der Waals surface area contributed by atoms with E-state index in [0.717, 1.165) is 11.1 Å². The molecular weight excluding hydrogens is 418 g/mol. The van der Waals surface area contributed by atoms with Crippen molar-refractivity contribution in [1.82, 2.24) is 0 Å². The van der Waals surface area contributed by atoms with E-state index >= 15 is 0 Å². The van der Waals surface area contributed by atoms with E-state index in [-0.39, 0.29) is 18.6 Å². The standard InChI is InChI=1S/C27H21NO5/c1-32-25(30)19-13-11-18(12-14-19)15-23-24(29)28(22-9-3-2-4-10-22)26(31)27(23)16-20-7-5-6-8-21(20)17-33-27/h2-15H,16-17H2,1H3/b23-15-. The van der Waals surface area contributed by atoms with Gasteiger partial charge < -0.3 is 9.47 Å². The molecule has 2 heterocycles. The molecule has 0 aromatic heterocycles. The minimum absolute atomic E-state index is 0.233. The van der Waals surface area contributed by atoms with Crippen LogP contribution < -0.4 is 4.90 Å². The summed E-state index contributed by atoms with van der Waals surface area (Å²) in [5.41, 5.74) is 2.42. The monoisotopic (exact) mass is 439 g/mol. The molecule has 0 saturated carbocycles. The van der Waals surface area contributed by atoms with Crippen LogP contribution in [-0.2, 0) is 32.1 Å². The molecule has 1 fully saturated rings. The molecule has 1 atom stereocenters. The van der Waals surface area contributed by atoms with Gasteiger partial charge >= 0.3 is 5.97 Å². The highest BCUT2D eigenvalue weighted by molar-refractivity contribution is 6.34. The van der Waals surface area contributed by atoms with E-state index in [1.165, 1.54) is 12.0 Å². The van der Waals surface area contributed by atoms with Crippen LogP contribution in [0.5, 0.6) is 0 Å². The van der Waals surface area contributed by atoms with Crippen LogP contribution in [0.4, 0.5) is 5.69 Å². The van der Waals surface area contributed by atoms with Crippen molar-refractivity contribution in [1.29, 1.82) is 0 Å². The number of para-hydroxylation sites is 1. The normalized spacial score (nSPS) is 20.9. The molecule has 2 aliphatic heterocycles. The number of benzene rings is 3. The minimum atomic E-state index is -1.41. The Bertz CT molecular complexity index is 1280. The van der Waals surface area contributed by atoms with Crippen LogP contribution in [0.15, 0.2) is 84.4 Å². The molecule has 3 aromatic rings. The van der Waals surface area contributed by atoms with Gasteiger partial charge in [-0.15, -0.1) is 0 Å². The summed E-state index contributed by atoms with van der Waals surface area (Å²) in [7, 11) is 1.32. The van der Waals surface area contributed by atoms with Crippen molar-refractivity contribution in [2.75, 3.05) is 12.0 Å². The summed E-state index contributed by atoms with van der Waals surface area (Å²) >= 11 is 0. The lowest BCUT2D eigenvalue weighted by Crippen LogP contribution is -2.47. The molecule has 2 amide bonds. The lowest BCUT2D eigenvalue weighted by Gasteiger charge is -2.33. The molecule has 0 radical (unpaired) electrons. The summed E-state index contributed by atoms with van der Waals surface area (Å²) in [5.74, 6) is -1.26. The zero-order chi connectivity index (χ0) is 23.0. The number of carbonyl (C=O) groups is 3. The van der Waals surface area contributed by atoms with Crippen LogP contribution in [0, 0.1) is 0 Å². The van der Waals surface area contributed by atoms with Gasteiger partial charge in [-0.3, -0.25) is 9.59 Å². The summed E-state index contributed by atoms with van der Waals surface area (Å²) in [6.07, 6.45) is 1.95. The van der Waals surface area contributed by atoms with Crippen LogP contribution in [0.1, 0.15) is 27.0 Å². The molecule has 1 unspecified atom stereocenters. The number of amides is 2. The van der Waals surface area contributed by atoms with Gasteiger partial charge in [-0.25, -0.2) is 9.69 Å². The maximum absolute atomic E-state index is 13.8. The van der Waals surface area contributed by atoms with Crippen molar-refractivity contribution in [2.45, 2.75) is 18.6 Å². The van der Waals surface area contributed by atoms with Gasteiger partial charge in [-0.05, 0) is 47.0 Å². The van der Waals surface area contributed by atoms with Gasteiger partial charge in [-0.2, -0.15) is 0 Å². The fourth-order valence-corrected chi connectivity index (χ4v) is 4.37. The Kier molecular flexibility index (Phi) is 5.15. The second-order valence-corrected chi connectivity index (χ2v) is 8.01. The summed E-state index contributed by atoms with van der Waals surface area (Å²) in [4.78, 5) is 40.3. The van der Waals surface area contributed by atoms with Crippen molar-refractivity contribution >= 4 is 29.5 Å². The van der Waals surface area contributed by atoms with Crippen LogP contribution in [0.3, 0.4) is 0 Å². The topological polar surface area (TPSA) is 72.9 Å². The number of hydrogen-bond acceptors (Lipinski definition) is 5. The number of rotatable bonds is 3. The Morgan fingerprint density at radius 1 is 0.939 bits per heavy atom. The Hall–Kier alpha value is -4.03. The van der Waals surface area contributed by atoms with Crippen molar-refractivity contribution < 1.29 is 23.9 Å². The Balaban J connectivity index is 1.62. The third-order valence-corrected chi connectivity index (χ3v) is 6.11. The molecule has 6 heteroatoms. The van der Waals surface area contributed by atoms with E-state index in [2.05, 4.69) is 0 Å². The van der Waals surface area contributed by atoms with Crippen LogP contribution >= 0.6 is 0 Å². The summed E-state index contributed by atoms with van der Waals surface area (Å²) in [5, 5.41) is 0. The van der Waals surface area contributed by atoms with E-state index in [1.54, 1.807) is 54.6 Å². The maximum Gasteiger partial charge on any atom is 0.337 e. The number of imide groups is 1. The first kappa shape index (κ1) is 20.8. The number of esters is 1. The van der Waals surface area contributed by atoms with Crippen molar-refractivity contribution in [3.63, 3.8) is 0 Å². The van der Waals surface area contributed by atoms with E-state index in [0.29, 0.717) is 16.8 Å². The molecule has 5 rings (SSSR count). The van der Waals surface area contributed by atoms with Crippen LogP contribution in [-0.4, -0.2) is 30.5 Å². The SMILES string of the molecule is COC(=O)c1ccc(/C=C2/C(=O)N(c3ccccc3)C(=O)C23Cc2ccccc2CO3)cc1. The third kappa shape index (κ3) is 3.45. The summed E-state index contributed by atoms with van der Waals surface area (Å²) in [6, 6.07) is 23.3. The van der Waals surface area contributed by atoms with Gasteiger partial charge in [0.25, 0.3) is 11.8 Å². The second kappa shape index (κ2) is 8.15. The molecule has 164 valence electrons. The molecule has 2 aliphatic rings. The predicted octanol–water partition coefficient (Wildman–Crippen LogP) is 3.94. The number of fused-ring (bicyclic) bond motifs is 1. The van der Waals surface area contributed by atoms with E-state index in [1.807, 2.05) is 30.3 Å². The maximum atomic E-state index is 13.8. The fourth-order valence-electron chi connectivity index (χ4n) is 4.37. The van der Waals surface area contributed by atoms with Gasteiger partial charge in [0.1, 0.15) is 0 Å². The average molecular weight is 439 g/mol. The van der Waals surface area contributed by atoms with E-state index in [9.17, 15) is 14.4 Å². The molecule has 33 heavy (non-hydrogen) atoms. The number of nitrogens with zero attached hydrogens (tertiary/aromatic N) is 1. The summed E-state index contributed by atoms with van der Waals surface area (Å²) in [6.45, 7) is 0.233. The third-order valence-electron chi connectivity index (χ3n) is 6.11. The van der Waals surface area contributed by atoms with Crippen LogP contribution in [0.2, 0.25) is 0 Å². The molecule has 3 aromatic carbocycles. The minimum Gasteiger partial charge on any atom is -0.465 e. The molecular formula is C27H21NO5. The lowest BCUT2D eigenvalue weighted by atomic mass is 9.83. The highest BCUT2D eigenvalue weighted by Gasteiger charge is 2.58. The second-order valence-electron chi connectivity index (χ2n) is 8.01. The van der Waals surface area contributed by atoms with Gasteiger partial charge in [0.2, 0.25) is 0 Å². The smallest absolute Gasteiger partial charge is 0.337 e. The molecule has 1 spiro atoms. The molecule has 1 saturated heterocycles. The highest BCUT2D eigenvalue weighted by Crippen LogP contribution is 2.43. The number of hydrogen-bond donors (Lipinski definition) is 0. The van der Waals surface area contributed by atoms with Gasteiger partial charge in [-0.1, -0.05) is 54.6 Å². The first-order valence-electron chi connectivity index (χ1n) is 10.6. The van der Waals surface area contributed by atoms with Crippen molar-refractivity contribution in [2.24, 2.45) is 0 Å². The number of carbonyl (C=O) groups excluding carboxylic acids is 3. The van der Waals surface area contributed by atoms with Crippen LogP contribution in [0.25, 0.3) is 6.08 Å². The van der Waals surface area contributed by atoms with Crippen molar-refractivity contribution in [3.8, 4) is 0 Å². The molecule has 0 N–H and O–H groups in total. The van der Waals surface area contributed by atoms with Gasteiger partial charge in [0.05, 0.1) is 30.5 Å². The Morgan fingerprint density at radius 3 is 2.30 bits per heavy atom. The van der Waals surface area contributed by atoms with E-state index in [4.69, 9.17) is 9.47 Å². The van der Waals surface area contributed by atoms with Crippen molar-refractivity contribution in [3.05, 3.63) is 107 Å². The zero-order valence-electron chi connectivity index (χ0n) is 18.0. The predicted molar refractivity (Wildman–Crippen MR) is 122 cm³/mol. The number of ether oxygens (including phenoxy) is 2.